The fourth-order valence-corrected chi connectivity index (χ4v) is 2.56. The van der Waals surface area contributed by atoms with Crippen LogP contribution in [0.5, 0.6) is 5.75 Å². The molecule has 0 heterocycles. The van der Waals surface area contributed by atoms with E-state index in [1.807, 2.05) is 30.3 Å². The molecule has 28 heavy (non-hydrogen) atoms. The number of nitrogens with zero attached hydrogens (tertiary/aromatic N) is 1. The lowest BCUT2D eigenvalue weighted by atomic mass is 9.97. The molecule has 0 bridgehead atoms. The Bertz CT molecular complexity index is 818. The normalized spacial score (nSPS) is 10.4. The quantitative estimate of drug-likeness (QED) is 0.281. The largest absolute Gasteiger partial charge is 0.489 e. The van der Waals surface area contributed by atoms with Crippen molar-refractivity contribution in [2.45, 2.75) is 26.4 Å². The number of esters is 2. The average molecular weight is 387 g/mol. The van der Waals surface area contributed by atoms with Crippen LogP contribution in [0.15, 0.2) is 48.5 Å². The van der Waals surface area contributed by atoms with Crippen molar-refractivity contribution in [3.63, 3.8) is 0 Å². The zero-order valence-electron chi connectivity index (χ0n) is 15.6. The maximum absolute atomic E-state index is 12.3. The first-order valence-electron chi connectivity index (χ1n) is 8.76. The minimum atomic E-state index is -1.54. The summed E-state index contributed by atoms with van der Waals surface area (Å²) in [6, 6.07) is 13.3. The molecule has 0 amide bonds. The van der Waals surface area contributed by atoms with Gasteiger partial charge >= 0.3 is 11.9 Å². The second kappa shape index (κ2) is 10.1. The first-order chi connectivity index (χ1) is 13.5. The van der Waals surface area contributed by atoms with Crippen molar-refractivity contribution in [2.24, 2.45) is 0 Å². The minimum absolute atomic E-state index is 0.0286. The molecule has 0 aliphatic carbocycles. The second-order valence-electron chi connectivity index (χ2n) is 5.69. The maximum Gasteiger partial charge on any atom is 0.325 e. The van der Waals surface area contributed by atoms with Crippen LogP contribution in [0, 0.1) is 10.1 Å². The van der Waals surface area contributed by atoms with Gasteiger partial charge in [-0.25, -0.2) is 0 Å². The van der Waals surface area contributed by atoms with E-state index in [4.69, 9.17) is 14.2 Å². The van der Waals surface area contributed by atoms with Crippen LogP contribution in [0.4, 0.5) is 5.69 Å². The number of carbonyl (C=O) groups excluding carboxylic acids is 2. The second-order valence-corrected chi connectivity index (χ2v) is 5.69. The molecule has 0 aromatic heterocycles. The Morgan fingerprint density at radius 2 is 1.61 bits per heavy atom. The Hall–Kier alpha value is -3.42. The molecule has 0 saturated carbocycles. The predicted octanol–water partition coefficient (Wildman–Crippen LogP) is 3.38. The highest BCUT2D eigenvalue weighted by Crippen LogP contribution is 2.32. The van der Waals surface area contributed by atoms with E-state index < -0.39 is 28.5 Å². The summed E-state index contributed by atoms with van der Waals surface area (Å²) in [5.41, 5.74) is 0.371. The van der Waals surface area contributed by atoms with Gasteiger partial charge in [0.05, 0.1) is 29.8 Å². The van der Waals surface area contributed by atoms with Crippen molar-refractivity contribution in [1.82, 2.24) is 0 Å². The molecule has 0 saturated heterocycles. The summed E-state index contributed by atoms with van der Waals surface area (Å²) in [7, 11) is 0. The molecule has 0 N–H and O–H groups in total. The summed E-state index contributed by atoms with van der Waals surface area (Å²) in [5.74, 6) is -3.10. The Balaban J connectivity index is 2.34. The fraction of sp³-hybridized carbons (Fsp3) is 0.300. The molecule has 8 heteroatoms. The first-order valence-corrected chi connectivity index (χ1v) is 8.76. The summed E-state index contributed by atoms with van der Waals surface area (Å²) >= 11 is 0. The van der Waals surface area contributed by atoms with Gasteiger partial charge in [-0.05, 0) is 31.5 Å². The van der Waals surface area contributed by atoms with E-state index in [9.17, 15) is 19.7 Å². The van der Waals surface area contributed by atoms with Crippen LogP contribution in [0.25, 0.3) is 0 Å². The van der Waals surface area contributed by atoms with Gasteiger partial charge in [0.2, 0.25) is 0 Å². The molecule has 0 atom stereocenters. The number of benzene rings is 2. The highest BCUT2D eigenvalue weighted by Gasteiger charge is 2.37. The fourth-order valence-electron chi connectivity index (χ4n) is 2.56. The molecular formula is C20H21NO7. The monoisotopic (exact) mass is 387 g/mol. The van der Waals surface area contributed by atoms with Crippen LogP contribution >= 0.6 is 0 Å². The van der Waals surface area contributed by atoms with Crippen LogP contribution in [-0.2, 0) is 25.7 Å². The first kappa shape index (κ1) is 20.9. The van der Waals surface area contributed by atoms with E-state index in [2.05, 4.69) is 0 Å². The Morgan fingerprint density at radius 3 is 2.14 bits per heavy atom. The van der Waals surface area contributed by atoms with E-state index in [0.29, 0.717) is 0 Å². The lowest BCUT2D eigenvalue weighted by molar-refractivity contribution is -0.385. The van der Waals surface area contributed by atoms with E-state index in [-0.39, 0.29) is 31.1 Å². The van der Waals surface area contributed by atoms with E-state index in [1.165, 1.54) is 18.2 Å². The van der Waals surface area contributed by atoms with Gasteiger partial charge in [0, 0.05) is 0 Å². The third kappa shape index (κ3) is 5.29. The summed E-state index contributed by atoms with van der Waals surface area (Å²) in [5, 5.41) is 11.6. The highest BCUT2D eigenvalue weighted by molar-refractivity contribution is 6.01. The van der Waals surface area contributed by atoms with Crippen molar-refractivity contribution < 1.29 is 28.7 Å². The highest BCUT2D eigenvalue weighted by atomic mass is 16.6. The summed E-state index contributed by atoms with van der Waals surface area (Å²) < 4.78 is 15.4. The van der Waals surface area contributed by atoms with E-state index in [0.717, 1.165) is 5.56 Å². The number of ether oxygens (including phenoxy) is 3. The summed E-state index contributed by atoms with van der Waals surface area (Å²) in [4.78, 5) is 35.4. The van der Waals surface area contributed by atoms with Gasteiger partial charge in [-0.15, -0.1) is 0 Å². The molecule has 0 aliphatic heterocycles. The van der Waals surface area contributed by atoms with E-state index >= 15 is 0 Å². The van der Waals surface area contributed by atoms with Crippen molar-refractivity contribution >= 4 is 17.6 Å². The number of hydrogen-bond donors (Lipinski definition) is 0. The molecule has 2 aromatic rings. The molecule has 0 unspecified atom stereocenters. The van der Waals surface area contributed by atoms with Crippen LogP contribution in [-0.4, -0.2) is 30.1 Å². The average Bonchev–Trinajstić information content (AvgIpc) is 2.68. The van der Waals surface area contributed by atoms with Crippen molar-refractivity contribution in [3.8, 4) is 5.75 Å². The lowest BCUT2D eigenvalue weighted by Crippen LogP contribution is -2.27. The van der Waals surface area contributed by atoms with Crippen LogP contribution in [0.3, 0.4) is 0 Å². The van der Waals surface area contributed by atoms with Gasteiger partial charge in [0.25, 0.3) is 5.69 Å². The number of nitro groups is 1. The van der Waals surface area contributed by atoms with Gasteiger partial charge in [-0.3, -0.25) is 19.7 Å². The van der Waals surface area contributed by atoms with Gasteiger partial charge in [0.15, 0.2) is 5.92 Å². The molecule has 0 radical (unpaired) electrons. The van der Waals surface area contributed by atoms with Crippen molar-refractivity contribution in [1.29, 1.82) is 0 Å². The maximum atomic E-state index is 12.3. The summed E-state index contributed by atoms with van der Waals surface area (Å²) in [6.07, 6.45) is 0. The van der Waals surface area contributed by atoms with E-state index in [1.54, 1.807) is 13.8 Å². The molecule has 148 valence electrons. The van der Waals surface area contributed by atoms with Gasteiger partial charge in [-0.1, -0.05) is 30.3 Å². The standard InChI is InChI=1S/C20H21NO7/c1-3-26-19(22)18(20(23)27-4-2)16-11-10-15(12-17(16)21(24)25)28-13-14-8-6-5-7-9-14/h5-12,18H,3-4,13H2,1-2H3. The van der Waals surface area contributed by atoms with Crippen LogP contribution < -0.4 is 4.74 Å². The molecule has 2 aromatic carbocycles. The van der Waals surface area contributed by atoms with Crippen LogP contribution in [0.1, 0.15) is 30.9 Å². The van der Waals surface area contributed by atoms with Crippen LogP contribution in [0.2, 0.25) is 0 Å². The molecule has 0 fully saturated rings. The lowest BCUT2D eigenvalue weighted by Gasteiger charge is -2.15. The molecular weight excluding hydrogens is 366 g/mol. The van der Waals surface area contributed by atoms with Gasteiger partial charge < -0.3 is 14.2 Å². The zero-order chi connectivity index (χ0) is 20.5. The zero-order valence-corrected chi connectivity index (χ0v) is 15.6. The van der Waals surface area contributed by atoms with Gasteiger partial charge in [0.1, 0.15) is 12.4 Å². The summed E-state index contributed by atoms with van der Waals surface area (Å²) in [6.45, 7) is 3.43. The molecule has 2 rings (SSSR count). The minimum Gasteiger partial charge on any atom is -0.489 e. The van der Waals surface area contributed by atoms with Gasteiger partial charge in [-0.2, -0.15) is 0 Å². The third-order valence-electron chi connectivity index (χ3n) is 3.80. The molecule has 0 aliphatic rings. The smallest absolute Gasteiger partial charge is 0.325 e. The predicted molar refractivity (Wildman–Crippen MR) is 99.9 cm³/mol. The molecule has 8 nitrogen and oxygen atoms in total. The number of carbonyl (C=O) groups is 2. The Kier molecular flexibility index (Phi) is 7.50. The SMILES string of the molecule is CCOC(=O)C(C(=O)OCC)c1ccc(OCc2ccccc2)cc1[N+](=O)[O-]. The number of hydrogen-bond acceptors (Lipinski definition) is 7. The Labute approximate surface area is 162 Å². The number of rotatable bonds is 9. The Morgan fingerprint density at radius 1 is 1.00 bits per heavy atom. The number of nitro benzene ring substituents is 1. The van der Waals surface area contributed by atoms with Crippen molar-refractivity contribution in [3.05, 3.63) is 69.8 Å². The third-order valence-corrected chi connectivity index (χ3v) is 3.80. The topological polar surface area (TPSA) is 105 Å². The molecule has 0 spiro atoms. The van der Waals surface area contributed by atoms with Crippen molar-refractivity contribution in [2.75, 3.05) is 13.2 Å².